The number of ether oxygens (including phenoxy) is 2. The molecule has 0 unspecified atom stereocenters. The van der Waals surface area contributed by atoms with Crippen LogP contribution >= 0.6 is 11.6 Å². The maximum Gasteiger partial charge on any atom is 0.161 e. The Morgan fingerprint density at radius 1 is 0.885 bits per heavy atom. The lowest BCUT2D eigenvalue weighted by Gasteiger charge is -2.13. The van der Waals surface area contributed by atoms with Gasteiger partial charge in [0.1, 0.15) is 6.61 Å². The van der Waals surface area contributed by atoms with Crippen molar-refractivity contribution < 1.29 is 9.47 Å². The summed E-state index contributed by atoms with van der Waals surface area (Å²) < 4.78 is 11.4. The number of halogens is 1. The van der Waals surface area contributed by atoms with E-state index in [9.17, 15) is 0 Å². The Balaban J connectivity index is 1.65. The number of anilines is 1. The number of aryl methyl sites for hydroxylation is 1. The van der Waals surface area contributed by atoms with Crippen molar-refractivity contribution in [3.63, 3.8) is 0 Å². The Morgan fingerprint density at radius 2 is 1.62 bits per heavy atom. The van der Waals surface area contributed by atoms with Crippen LogP contribution in [0.2, 0.25) is 5.02 Å². The van der Waals surface area contributed by atoms with Crippen molar-refractivity contribution in [1.82, 2.24) is 0 Å². The Labute approximate surface area is 159 Å². The Bertz CT molecular complexity index is 862. The summed E-state index contributed by atoms with van der Waals surface area (Å²) in [4.78, 5) is 0. The van der Waals surface area contributed by atoms with E-state index in [1.165, 1.54) is 5.56 Å². The van der Waals surface area contributed by atoms with E-state index in [4.69, 9.17) is 21.1 Å². The second kappa shape index (κ2) is 8.63. The molecule has 0 bridgehead atoms. The second-order valence-electron chi connectivity index (χ2n) is 6.09. The van der Waals surface area contributed by atoms with Crippen LogP contribution in [0.15, 0.2) is 66.7 Å². The number of hydrogen-bond acceptors (Lipinski definition) is 3. The van der Waals surface area contributed by atoms with Gasteiger partial charge in [-0.3, -0.25) is 0 Å². The molecule has 26 heavy (non-hydrogen) atoms. The highest BCUT2D eigenvalue weighted by molar-refractivity contribution is 6.33. The van der Waals surface area contributed by atoms with Crippen LogP contribution in [0.25, 0.3) is 0 Å². The summed E-state index contributed by atoms with van der Waals surface area (Å²) in [6.45, 7) is 3.23. The minimum atomic E-state index is 0.508. The van der Waals surface area contributed by atoms with Crippen molar-refractivity contribution in [3.8, 4) is 11.5 Å². The van der Waals surface area contributed by atoms with Crippen LogP contribution < -0.4 is 14.8 Å². The Kier molecular flexibility index (Phi) is 6.03. The molecule has 3 nitrogen and oxygen atoms in total. The van der Waals surface area contributed by atoms with Crippen molar-refractivity contribution in [1.29, 1.82) is 0 Å². The molecule has 0 saturated heterocycles. The van der Waals surface area contributed by atoms with Gasteiger partial charge in [-0.2, -0.15) is 0 Å². The molecule has 3 aromatic rings. The van der Waals surface area contributed by atoms with E-state index in [2.05, 4.69) is 36.5 Å². The molecule has 0 aromatic heterocycles. The fourth-order valence-corrected chi connectivity index (χ4v) is 2.79. The largest absolute Gasteiger partial charge is 0.493 e. The number of para-hydroxylation sites is 1. The molecule has 3 aromatic carbocycles. The van der Waals surface area contributed by atoms with Crippen LogP contribution in [0.1, 0.15) is 16.7 Å². The molecule has 3 rings (SSSR count). The Hall–Kier alpha value is -2.65. The van der Waals surface area contributed by atoms with Gasteiger partial charge >= 0.3 is 0 Å². The predicted octanol–water partition coefficient (Wildman–Crippen LogP) is 5.85. The van der Waals surface area contributed by atoms with Crippen molar-refractivity contribution in [2.45, 2.75) is 20.1 Å². The highest BCUT2D eigenvalue weighted by atomic mass is 35.5. The molecule has 1 N–H and O–H groups in total. The van der Waals surface area contributed by atoms with Crippen LogP contribution in [-0.2, 0) is 13.2 Å². The molecule has 0 heterocycles. The first kappa shape index (κ1) is 18.2. The zero-order valence-corrected chi connectivity index (χ0v) is 15.7. The van der Waals surface area contributed by atoms with Gasteiger partial charge in [-0.25, -0.2) is 0 Å². The molecule has 0 spiro atoms. The number of rotatable bonds is 7. The summed E-state index contributed by atoms with van der Waals surface area (Å²) >= 11 is 6.18. The first-order valence-corrected chi connectivity index (χ1v) is 8.87. The molecule has 0 aliphatic heterocycles. The zero-order valence-electron chi connectivity index (χ0n) is 15.0. The van der Waals surface area contributed by atoms with Crippen molar-refractivity contribution >= 4 is 17.3 Å². The summed E-state index contributed by atoms with van der Waals surface area (Å²) in [7, 11) is 1.65. The van der Waals surface area contributed by atoms with Crippen LogP contribution in [0.3, 0.4) is 0 Å². The molecule has 0 fully saturated rings. The molecule has 0 atom stereocenters. The molecule has 0 amide bonds. The quantitative estimate of drug-likeness (QED) is 0.568. The average molecular weight is 368 g/mol. The van der Waals surface area contributed by atoms with E-state index in [0.29, 0.717) is 18.2 Å². The van der Waals surface area contributed by atoms with Crippen LogP contribution in [0, 0.1) is 6.92 Å². The highest BCUT2D eigenvalue weighted by Crippen LogP contribution is 2.29. The number of benzene rings is 3. The maximum atomic E-state index is 6.18. The summed E-state index contributed by atoms with van der Waals surface area (Å²) in [6.07, 6.45) is 0. The van der Waals surface area contributed by atoms with Crippen LogP contribution in [-0.4, -0.2) is 7.11 Å². The fraction of sp³-hybridized carbons (Fsp3) is 0.182. The lowest BCUT2D eigenvalue weighted by molar-refractivity contribution is 0.284. The van der Waals surface area contributed by atoms with Gasteiger partial charge in [0.25, 0.3) is 0 Å². The molecule has 134 valence electrons. The molecule has 0 aliphatic rings. The van der Waals surface area contributed by atoms with Crippen molar-refractivity contribution in [2.75, 3.05) is 12.4 Å². The molecule has 4 heteroatoms. The monoisotopic (exact) mass is 367 g/mol. The van der Waals surface area contributed by atoms with Gasteiger partial charge in [0, 0.05) is 6.54 Å². The van der Waals surface area contributed by atoms with E-state index >= 15 is 0 Å². The van der Waals surface area contributed by atoms with Crippen molar-refractivity contribution in [2.24, 2.45) is 0 Å². The molecule has 0 radical (unpaired) electrons. The van der Waals surface area contributed by atoms with Gasteiger partial charge < -0.3 is 14.8 Å². The third kappa shape index (κ3) is 4.70. The van der Waals surface area contributed by atoms with E-state index in [0.717, 1.165) is 28.3 Å². The molecule has 0 aliphatic carbocycles. The second-order valence-corrected chi connectivity index (χ2v) is 6.50. The lowest BCUT2D eigenvalue weighted by atomic mass is 10.1. The SMILES string of the molecule is COc1cc(CNc2ccccc2Cl)ccc1OCc1ccc(C)cc1. The summed E-state index contributed by atoms with van der Waals surface area (Å²) in [5.74, 6) is 1.45. The van der Waals surface area contributed by atoms with Gasteiger partial charge in [-0.1, -0.05) is 59.6 Å². The van der Waals surface area contributed by atoms with Crippen LogP contribution in [0.5, 0.6) is 11.5 Å². The molecular weight excluding hydrogens is 346 g/mol. The first-order valence-electron chi connectivity index (χ1n) is 8.49. The summed E-state index contributed by atoms with van der Waals surface area (Å²) in [6, 6.07) is 22.0. The number of methoxy groups -OCH3 is 1. The van der Waals surface area contributed by atoms with Gasteiger partial charge in [0.15, 0.2) is 11.5 Å². The highest BCUT2D eigenvalue weighted by Gasteiger charge is 2.07. The predicted molar refractivity (Wildman–Crippen MR) is 107 cm³/mol. The topological polar surface area (TPSA) is 30.5 Å². The molecule has 0 saturated carbocycles. The lowest BCUT2D eigenvalue weighted by Crippen LogP contribution is -2.02. The van der Waals surface area contributed by atoms with Gasteiger partial charge in [-0.05, 0) is 42.3 Å². The van der Waals surface area contributed by atoms with E-state index < -0.39 is 0 Å². The summed E-state index contributed by atoms with van der Waals surface area (Å²) in [5.41, 5.74) is 4.36. The van der Waals surface area contributed by atoms with Crippen LogP contribution in [0.4, 0.5) is 5.69 Å². The summed E-state index contributed by atoms with van der Waals surface area (Å²) in [5, 5.41) is 4.04. The number of hydrogen-bond donors (Lipinski definition) is 1. The normalized spacial score (nSPS) is 10.4. The minimum absolute atomic E-state index is 0.508. The van der Waals surface area contributed by atoms with E-state index in [1.807, 2.05) is 42.5 Å². The van der Waals surface area contributed by atoms with Gasteiger partial charge in [0.2, 0.25) is 0 Å². The maximum absolute atomic E-state index is 6.18. The number of nitrogens with one attached hydrogen (secondary N) is 1. The standard InChI is InChI=1S/C22H22ClNO2/c1-16-7-9-17(10-8-16)15-26-21-12-11-18(13-22(21)25-2)14-24-20-6-4-3-5-19(20)23/h3-13,24H,14-15H2,1-2H3. The first-order chi connectivity index (χ1) is 12.7. The Morgan fingerprint density at radius 3 is 2.35 bits per heavy atom. The smallest absolute Gasteiger partial charge is 0.161 e. The van der Waals surface area contributed by atoms with E-state index in [-0.39, 0.29) is 0 Å². The fourth-order valence-electron chi connectivity index (χ4n) is 2.59. The van der Waals surface area contributed by atoms with E-state index in [1.54, 1.807) is 7.11 Å². The molecular formula is C22H22ClNO2. The van der Waals surface area contributed by atoms with Crippen molar-refractivity contribution in [3.05, 3.63) is 88.4 Å². The third-order valence-electron chi connectivity index (χ3n) is 4.10. The third-order valence-corrected chi connectivity index (χ3v) is 4.43. The zero-order chi connectivity index (χ0) is 18.4. The average Bonchev–Trinajstić information content (AvgIpc) is 2.67. The minimum Gasteiger partial charge on any atom is -0.493 e. The van der Waals surface area contributed by atoms with Gasteiger partial charge in [0.05, 0.1) is 17.8 Å². The van der Waals surface area contributed by atoms with Gasteiger partial charge in [-0.15, -0.1) is 0 Å².